The van der Waals surface area contributed by atoms with Crippen LogP contribution in [0.25, 0.3) is 0 Å². The molecule has 2 aromatic carbocycles. The van der Waals surface area contributed by atoms with E-state index < -0.39 is 21.4 Å². The number of para-hydroxylation sites is 1. The van der Waals surface area contributed by atoms with Gasteiger partial charge in [-0.05, 0) is 43.0 Å². The summed E-state index contributed by atoms with van der Waals surface area (Å²) in [5.74, 6) is -0.725. The highest BCUT2D eigenvalue weighted by molar-refractivity contribution is 7.92. The average molecular weight is 444 g/mol. The molecule has 0 aromatic heterocycles. The van der Waals surface area contributed by atoms with Gasteiger partial charge in [-0.15, -0.1) is 0 Å². The largest absolute Gasteiger partial charge is 0.466 e. The number of rotatable bonds is 2. The van der Waals surface area contributed by atoms with Crippen LogP contribution in [0.1, 0.15) is 37.7 Å². The summed E-state index contributed by atoms with van der Waals surface area (Å²) in [4.78, 5) is 24.3. The molecule has 1 fully saturated rings. The third kappa shape index (κ3) is 4.30. The van der Waals surface area contributed by atoms with E-state index in [1.54, 1.807) is 42.5 Å². The first-order valence-corrected chi connectivity index (χ1v) is 11.8. The second-order valence-electron chi connectivity index (χ2n) is 7.96. The van der Waals surface area contributed by atoms with Crippen molar-refractivity contribution in [1.82, 2.24) is 0 Å². The Balaban J connectivity index is 1.71. The summed E-state index contributed by atoms with van der Waals surface area (Å²) < 4.78 is 39.2. The van der Waals surface area contributed by atoms with E-state index in [0.29, 0.717) is 24.9 Å². The number of fused-ring (bicyclic) bond motifs is 2. The minimum Gasteiger partial charge on any atom is -0.466 e. The zero-order valence-corrected chi connectivity index (χ0v) is 18.0. The van der Waals surface area contributed by atoms with E-state index in [-0.39, 0.29) is 43.5 Å². The van der Waals surface area contributed by atoms with E-state index in [4.69, 9.17) is 9.47 Å². The number of hydrogen-bond donors (Lipinski definition) is 0. The van der Waals surface area contributed by atoms with Gasteiger partial charge < -0.3 is 9.47 Å². The molecule has 1 saturated heterocycles. The Kier molecular flexibility index (Phi) is 6.00. The lowest BCUT2D eigenvalue weighted by atomic mass is 9.79. The number of sulfonamides is 1. The van der Waals surface area contributed by atoms with Crippen LogP contribution in [0.5, 0.6) is 0 Å². The summed E-state index contributed by atoms with van der Waals surface area (Å²) in [5, 5.41) is 0. The zero-order valence-electron chi connectivity index (χ0n) is 17.2. The Morgan fingerprint density at radius 3 is 2.29 bits per heavy atom. The lowest BCUT2D eigenvalue weighted by Crippen LogP contribution is -2.41. The number of esters is 2. The van der Waals surface area contributed by atoms with Gasteiger partial charge in [0.15, 0.2) is 0 Å². The monoisotopic (exact) mass is 443 g/mol. The highest BCUT2D eigenvalue weighted by Gasteiger charge is 2.47. The fraction of sp³-hybridized carbons (Fsp3) is 0.391. The fourth-order valence-corrected chi connectivity index (χ4v) is 5.86. The van der Waals surface area contributed by atoms with E-state index in [1.165, 1.54) is 4.31 Å². The van der Waals surface area contributed by atoms with Crippen molar-refractivity contribution < 1.29 is 27.5 Å². The van der Waals surface area contributed by atoms with Crippen molar-refractivity contribution in [3.05, 3.63) is 60.2 Å². The Morgan fingerprint density at radius 2 is 1.52 bits per heavy atom. The lowest BCUT2D eigenvalue weighted by molar-refractivity contribution is -0.147. The minimum absolute atomic E-state index is 0.0810. The molecule has 0 amide bonds. The van der Waals surface area contributed by atoms with Gasteiger partial charge in [0.1, 0.15) is 6.61 Å². The fourth-order valence-electron chi connectivity index (χ4n) is 4.26. The number of ether oxygens (including phenoxy) is 2. The Morgan fingerprint density at radius 1 is 0.839 bits per heavy atom. The van der Waals surface area contributed by atoms with Crippen molar-refractivity contribution in [2.75, 3.05) is 24.1 Å². The van der Waals surface area contributed by atoms with Gasteiger partial charge in [-0.2, -0.15) is 0 Å². The van der Waals surface area contributed by atoms with Gasteiger partial charge in [-0.25, -0.2) is 8.42 Å². The van der Waals surface area contributed by atoms with Crippen molar-refractivity contribution in [3.63, 3.8) is 0 Å². The van der Waals surface area contributed by atoms with Crippen LogP contribution < -0.4 is 4.31 Å². The number of carbonyl (C=O) groups excluding carboxylic acids is 2. The molecule has 4 rings (SSSR count). The Hall–Kier alpha value is -2.87. The maximum absolute atomic E-state index is 13.5. The number of carbonyl (C=O) groups is 2. The molecule has 31 heavy (non-hydrogen) atoms. The van der Waals surface area contributed by atoms with Gasteiger partial charge in [0, 0.05) is 19.4 Å². The number of cyclic esters (lactones) is 2. The first-order valence-electron chi connectivity index (χ1n) is 10.4. The summed E-state index contributed by atoms with van der Waals surface area (Å²) in [6.45, 7) is 0.491. The molecule has 8 heteroatoms. The molecule has 2 aliphatic rings. The molecule has 1 atom stereocenters. The van der Waals surface area contributed by atoms with Gasteiger partial charge in [0.25, 0.3) is 10.0 Å². The summed E-state index contributed by atoms with van der Waals surface area (Å²) >= 11 is 0. The number of hydrogen-bond acceptors (Lipinski definition) is 6. The number of anilines is 1. The van der Waals surface area contributed by atoms with Crippen LogP contribution in [0.2, 0.25) is 0 Å². The Bertz CT molecular complexity index is 1070. The van der Waals surface area contributed by atoms with E-state index in [1.807, 2.05) is 12.1 Å². The summed E-state index contributed by atoms with van der Waals surface area (Å²) in [6.07, 6.45) is 1.74. The third-order valence-electron chi connectivity index (χ3n) is 5.86. The Labute approximate surface area is 182 Å². The van der Waals surface area contributed by atoms with Crippen molar-refractivity contribution in [1.29, 1.82) is 0 Å². The van der Waals surface area contributed by atoms with Crippen molar-refractivity contribution >= 4 is 27.6 Å². The standard InChI is InChI=1S/C23H25NO6S/c25-21-12-6-13-22(26)30-17-23(14-7-15-29-21)16-24(20-11-5-4-10-19(20)23)31(27,28)18-8-2-1-3-9-18/h1-5,8-11H,6-7,12-17H2. The van der Waals surface area contributed by atoms with Crippen molar-refractivity contribution in [2.24, 2.45) is 0 Å². The SMILES string of the molecule is O=C1CCCC(=O)OCC2(CCCO1)CN(S(=O)(=O)c1ccccc1)c1ccccc12. The van der Waals surface area contributed by atoms with E-state index >= 15 is 0 Å². The number of nitrogens with zero attached hydrogens (tertiary/aromatic N) is 1. The summed E-state index contributed by atoms with van der Waals surface area (Å²) in [7, 11) is -3.79. The first-order chi connectivity index (χ1) is 14.9. The molecule has 2 aliphatic heterocycles. The maximum Gasteiger partial charge on any atom is 0.305 e. The highest BCUT2D eigenvalue weighted by Crippen LogP contribution is 2.46. The molecule has 164 valence electrons. The molecule has 1 spiro atoms. The molecule has 2 aromatic rings. The molecular weight excluding hydrogens is 418 g/mol. The van der Waals surface area contributed by atoms with Crippen molar-refractivity contribution in [2.45, 2.75) is 42.4 Å². The summed E-state index contributed by atoms with van der Waals surface area (Å²) in [6, 6.07) is 15.6. The topological polar surface area (TPSA) is 90.0 Å². The van der Waals surface area contributed by atoms with Gasteiger partial charge in [-0.1, -0.05) is 36.4 Å². The van der Waals surface area contributed by atoms with Crippen molar-refractivity contribution in [3.8, 4) is 0 Å². The quantitative estimate of drug-likeness (QED) is 0.663. The zero-order chi connectivity index (χ0) is 21.9. The predicted octanol–water partition coefficient (Wildman–Crippen LogP) is 3.18. The molecule has 0 N–H and O–H groups in total. The van der Waals surface area contributed by atoms with Crippen LogP contribution >= 0.6 is 0 Å². The van der Waals surface area contributed by atoms with Crippen LogP contribution in [0.3, 0.4) is 0 Å². The van der Waals surface area contributed by atoms with Gasteiger partial charge >= 0.3 is 11.9 Å². The minimum atomic E-state index is -3.79. The van der Waals surface area contributed by atoms with Gasteiger partial charge in [-0.3, -0.25) is 13.9 Å². The van der Waals surface area contributed by atoms with E-state index in [0.717, 1.165) is 5.56 Å². The molecule has 0 saturated carbocycles. The van der Waals surface area contributed by atoms with Crippen LogP contribution in [0.15, 0.2) is 59.5 Å². The smallest absolute Gasteiger partial charge is 0.305 e. The summed E-state index contributed by atoms with van der Waals surface area (Å²) in [5.41, 5.74) is 0.705. The number of benzene rings is 2. The second-order valence-corrected chi connectivity index (χ2v) is 9.82. The second kappa shape index (κ2) is 8.70. The maximum atomic E-state index is 13.5. The van der Waals surface area contributed by atoms with Crippen LogP contribution in [-0.2, 0) is 34.5 Å². The molecule has 7 nitrogen and oxygen atoms in total. The molecule has 0 aliphatic carbocycles. The molecular formula is C23H25NO6S. The van der Waals surface area contributed by atoms with Crippen LogP contribution in [0, 0.1) is 0 Å². The van der Waals surface area contributed by atoms with E-state index in [2.05, 4.69) is 0 Å². The molecule has 0 radical (unpaired) electrons. The van der Waals surface area contributed by atoms with Crippen LogP contribution in [-0.4, -0.2) is 40.1 Å². The normalized spacial score (nSPS) is 22.8. The lowest BCUT2D eigenvalue weighted by Gasteiger charge is -2.30. The average Bonchev–Trinajstić information content (AvgIpc) is 3.11. The molecule has 2 heterocycles. The molecule has 0 bridgehead atoms. The highest BCUT2D eigenvalue weighted by atomic mass is 32.2. The molecule has 1 unspecified atom stereocenters. The third-order valence-corrected chi connectivity index (χ3v) is 7.63. The predicted molar refractivity (Wildman–Crippen MR) is 114 cm³/mol. The van der Waals surface area contributed by atoms with Gasteiger partial charge in [0.2, 0.25) is 0 Å². The first kappa shape index (κ1) is 21.4. The van der Waals surface area contributed by atoms with E-state index in [9.17, 15) is 18.0 Å². The van der Waals surface area contributed by atoms with Crippen LogP contribution in [0.4, 0.5) is 5.69 Å². The van der Waals surface area contributed by atoms with Gasteiger partial charge in [0.05, 0.1) is 22.6 Å².